The van der Waals surface area contributed by atoms with Gasteiger partial charge >= 0.3 is 5.69 Å². The van der Waals surface area contributed by atoms with Crippen LogP contribution in [0.2, 0.25) is 0 Å². The summed E-state index contributed by atoms with van der Waals surface area (Å²) in [5.74, 6) is 0.527. The number of hydrogen-bond acceptors (Lipinski definition) is 7. The minimum absolute atomic E-state index is 0.160. The van der Waals surface area contributed by atoms with Gasteiger partial charge in [-0.2, -0.15) is 4.98 Å². The highest BCUT2D eigenvalue weighted by Gasteiger charge is 2.18. The molecule has 1 aromatic heterocycles. The van der Waals surface area contributed by atoms with Crippen molar-refractivity contribution in [3.63, 3.8) is 0 Å². The smallest absolute Gasteiger partial charge is 0.329 e. The van der Waals surface area contributed by atoms with E-state index >= 15 is 0 Å². The molecule has 8 heteroatoms. The SMILES string of the molecule is CCNc1ncc([N+](=O)[O-])c(Nc2ccccc2SC)n1. The molecule has 0 spiro atoms. The van der Waals surface area contributed by atoms with Gasteiger partial charge < -0.3 is 10.6 Å². The summed E-state index contributed by atoms with van der Waals surface area (Å²) in [7, 11) is 0. The van der Waals surface area contributed by atoms with Crippen LogP contribution < -0.4 is 10.6 Å². The lowest BCUT2D eigenvalue weighted by Crippen LogP contribution is -2.07. The number of nitrogens with one attached hydrogen (secondary N) is 2. The Labute approximate surface area is 126 Å². The largest absolute Gasteiger partial charge is 0.354 e. The van der Waals surface area contributed by atoms with Crippen LogP contribution in [0, 0.1) is 10.1 Å². The van der Waals surface area contributed by atoms with Crippen LogP contribution in [-0.2, 0) is 0 Å². The summed E-state index contributed by atoms with van der Waals surface area (Å²) >= 11 is 1.55. The molecule has 2 aromatic rings. The zero-order valence-electron chi connectivity index (χ0n) is 11.7. The first-order valence-electron chi connectivity index (χ1n) is 6.31. The van der Waals surface area contributed by atoms with Crippen molar-refractivity contribution in [2.45, 2.75) is 11.8 Å². The molecule has 0 aliphatic carbocycles. The number of nitrogens with zero attached hydrogens (tertiary/aromatic N) is 3. The molecule has 2 N–H and O–H groups in total. The van der Waals surface area contributed by atoms with Crippen molar-refractivity contribution >= 4 is 34.9 Å². The van der Waals surface area contributed by atoms with Gasteiger partial charge in [0.05, 0.1) is 10.6 Å². The zero-order valence-corrected chi connectivity index (χ0v) is 12.5. The predicted octanol–water partition coefficient (Wildman–Crippen LogP) is 3.28. The molecule has 0 unspecified atom stereocenters. The van der Waals surface area contributed by atoms with Crippen LogP contribution in [0.1, 0.15) is 6.92 Å². The van der Waals surface area contributed by atoms with Gasteiger partial charge in [-0.3, -0.25) is 10.1 Å². The van der Waals surface area contributed by atoms with Crippen LogP contribution >= 0.6 is 11.8 Å². The van der Waals surface area contributed by atoms with E-state index in [1.165, 1.54) is 6.20 Å². The van der Waals surface area contributed by atoms with Gasteiger partial charge in [-0.15, -0.1) is 11.8 Å². The first kappa shape index (κ1) is 15.0. The molecule has 2 rings (SSSR count). The second-order valence-corrected chi connectivity index (χ2v) is 4.89. The van der Waals surface area contributed by atoms with E-state index in [0.717, 1.165) is 10.6 Å². The topological polar surface area (TPSA) is 93.0 Å². The summed E-state index contributed by atoms with van der Waals surface area (Å²) in [6.07, 6.45) is 3.15. The summed E-state index contributed by atoms with van der Waals surface area (Å²) in [6, 6.07) is 7.56. The third-order valence-electron chi connectivity index (χ3n) is 2.66. The molecule has 0 fully saturated rings. The lowest BCUT2D eigenvalue weighted by atomic mass is 10.3. The first-order valence-corrected chi connectivity index (χ1v) is 7.53. The van der Waals surface area contributed by atoms with Crippen LogP contribution in [0.5, 0.6) is 0 Å². The molecule has 0 saturated heterocycles. The van der Waals surface area contributed by atoms with E-state index < -0.39 is 4.92 Å². The maximum absolute atomic E-state index is 11.1. The number of anilines is 3. The molecular formula is C13H15N5O2S. The number of aromatic nitrogens is 2. The minimum atomic E-state index is -0.500. The standard InChI is InChI=1S/C13H15N5O2S/c1-3-14-13-15-8-10(18(19)20)12(17-13)16-9-6-4-5-7-11(9)21-2/h4-8H,3H2,1-2H3,(H2,14,15,16,17). The lowest BCUT2D eigenvalue weighted by molar-refractivity contribution is -0.384. The van der Waals surface area contributed by atoms with E-state index in [9.17, 15) is 10.1 Å². The average Bonchev–Trinajstić information content (AvgIpc) is 2.48. The Morgan fingerprint density at radius 3 is 2.81 bits per heavy atom. The fraction of sp³-hybridized carbons (Fsp3) is 0.231. The van der Waals surface area contributed by atoms with Crippen molar-refractivity contribution in [2.24, 2.45) is 0 Å². The van der Waals surface area contributed by atoms with Crippen LogP contribution in [0.25, 0.3) is 0 Å². The van der Waals surface area contributed by atoms with E-state index in [1.54, 1.807) is 11.8 Å². The van der Waals surface area contributed by atoms with Crippen molar-refractivity contribution in [1.82, 2.24) is 9.97 Å². The summed E-state index contributed by atoms with van der Waals surface area (Å²) in [4.78, 5) is 19.7. The molecule has 7 nitrogen and oxygen atoms in total. The minimum Gasteiger partial charge on any atom is -0.354 e. The fourth-order valence-corrected chi connectivity index (χ4v) is 2.27. The number of nitro groups is 1. The fourth-order valence-electron chi connectivity index (χ4n) is 1.72. The maximum Gasteiger partial charge on any atom is 0.329 e. The molecule has 0 aliphatic heterocycles. The normalized spacial score (nSPS) is 10.2. The molecule has 0 amide bonds. The predicted molar refractivity (Wildman–Crippen MR) is 84.4 cm³/mol. The monoisotopic (exact) mass is 305 g/mol. The van der Waals surface area contributed by atoms with Gasteiger partial charge in [-0.05, 0) is 25.3 Å². The molecule has 1 aromatic carbocycles. The lowest BCUT2D eigenvalue weighted by Gasteiger charge is -2.10. The van der Waals surface area contributed by atoms with Crippen molar-refractivity contribution in [3.8, 4) is 0 Å². The average molecular weight is 305 g/mol. The Morgan fingerprint density at radius 2 is 2.14 bits per heavy atom. The van der Waals surface area contributed by atoms with Gasteiger partial charge in [0, 0.05) is 11.4 Å². The molecule has 0 radical (unpaired) electrons. The molecule has 0 aliphatic rings. The zero-order chi connectivity index (χ0) is 15.2. The van der Waals surface area contributed by atoms with E-state index in [2.05, 4.69) is 20.6 Å². The third kappa shape index (κ3) is 3.60. The van der Waals surface area contributed by atoms with E-state index in [0.29, 0.717) is 12.5 Å². The van der Waals surface area contributed by atoms with Crippen LogP contribution in [0.15, 0.2) is 35.4 Å². The Kier molecular flexibility index (Phi) is 4.94. The third-order valence-corrected chi connectivity index (χ3v) is 3.46. The van der Waals surface area contributed by atoms with Crippen molar-refractivity contribution in [1.29, 1.82) is 0 Å². The molecule has 21 heavy (non-hydrogen) atoms. The Morgan fingerprint density at radius 1 is 1.38 bits per heavy atom. The summed E-state index contributed by atoms with van der Waals surface area (Å²) in [6.45, 7) is 2.54. The second-order valence-electron chi connectivity index (χ2n) is 4.04. The van der Waals surface area contributed by atoms with E-state index in [4.69, 9.17) is 0 Å². The van der Waals surface area contributed by atoms with Gasteiger partial charge in [0.25, 0.3) is 0 Å². The van der Waals surface area contributed by atoms with Gasteiger partial charge in [0.2, 0.25) is 11.8 Å². The number of para-hydroxylation sites is 1. The van der Waals surface area contributed by atoms with Crippen LogP contribution in [-0.4, -0.2) is 27.7 Å². The summed E-state index contributed by atoms with van der Waals surface area (Å²) in [5.41, 5.74) is 0.613. The number of benzene rings is 1. The first-order chi connectivity index (χ1) is 10.2. The van der Waals surface area contributed by atoms with Crippen LogP contribution in [0.4, 0.5) is 23.1 Å². The summed E-state index contributed by atoms with van der Waals surface area (Å²) in [5, 5.41) is 17.1. The molecule has 0 atom stereocenters. The van der Waals surface area contributed by atoms with Crippen molar-refractivity contribution < 1.29 is 4.92 Å². The van der Waals surface area contributed by atoms with Gasteiger partial charge in [-0.1, -0.05) is 12.1 Å². The Hall–Kier alpha value is -2.35. The number of rotatable bonds is 6. The number of thioether (sulfide) groups is 1. The number of hydrogen-bond donors (Lipinski definition) is 2. The molecule has 1 heterocycles. The molecule has 110 valence electrons. The molecular weight excluding hydrogens is 290 g/mol. The quantitative estimate of drug-likeness (QED) is 0.480. The Balaban J connectivity index is 2.40. The highest BCUT2D eigenvalue weighted by Crippen LogP contribution is 2.31. The van der Waals surface area contributed by atoms with E-state index in [-0.39, 0.29) is 11.5 Å². The van der Waals surface area contributed by atoms with Crippen molar-refractivity contribution in [2.75, 3.05) is 23.4 Å². The summed E-state index contributed by atoms with van der Waals surface area (Å²) < 4.78 is 0. The van der Waals surface area contributed by atoms with E-state index in [1.807, 2.05) is 37.4 Å². The van der Waals surface area contributed by atoms with Gasteiger partial charge in [0.15, 0.2) is 0 Å². The van der Waals surface area contributed by atoms with Gasteiger partial charge in [-0.25, -0.2) is 4.98 Å². The second kappa shape index (κ2) is 6.89. The van der Waals surface area contributed by atoms with Crippen molar-refractivity contribution in [3.05, 3.63) is 40.6 Å². The highest BCUT2D eigenvalue weighted by atomic mass is 32.2. The van der Waals surface area contributed by atoms with Crippen LogP contribution in [0.3, 0.4) is 0 Å². The van der Waals surface area contributed by atoms with Gasteiger partial charge in [0.1, 0.15) is 6.20 Å². The molecule has 0 bridgehead atoms. The Bertz CT molecular complexity index is 650. The highest BCUT2D eigenvalue weighted by molar-refractivity contribution is 7.98. The molecule has 0 saturated carbocycles. The maximum atomic E-state index is 11.1.